The number of aliphatic hydroxyl groups excluding tert-OH is 1. The number of nitrogens with one attached hydrogen (secondary N) is 1. The molecule has 0 amide bonds. The van der Waals surface area contributed by atoms with Crippen molar-refractivity contribution < 1.29 is 5.11 Å². The lowest BCUT2D eigenvalue weighted by Crippen LogP contribution is -2.24. The summed E-state index contributed by atoms with van der Waals surface area (Å²) in [6.45, 7) is 5.31. The van der Waals surface area contributed by atoms with Crippen molar-refractivity contribution in [2.75, 3.05) is 6.54 Å². The highest BCUT2D eigenvalue weighted by Gasteiger charge is 1.99. The van der Waals surface area contributed by atoms with E-state index in [4.69, 9.17) is 5.11 Å². The molecular formula is C11H16BrNO. The summed E-state index contributed by atoms with van der Waals surface area (Å²) in [5.74, 6) is 0. The van der Waals surface area contributed by atoms with Gasteiger partial charge in [-0.2, -0.15) is 0 Å². The van der Waals surface area contributed by atoms with E-state index in [0.29, 0.717) is 6.54 Å². The Morgan fingerprint density at radius 2 is 2.21 bits per heavy atom. The standard InChI is InChI=1S/C11H16BrNO/c1-8-5-11(12)4-3-10(8)7-13-6-9(2)14/h3-5,9,13-14H,6-7H2,1-2H3. The van der Waals surface area contributed by atoms with Gasteiger partial charge in [-0.05, 0) is 37.1 Å². The fraction of sp³-hybridized carbons (Fsp3) is 0.455. The van der Waals surface area contributed by atoms with E-state index in [1.165, 1.54) is 11.1 Å². The van der Waals surface area contributed by atoms with Crippen LogP contribution in [0.4, 0.5) is 0 Å². The second kappa shape index (κ2) is 5.49. The first-order valence-corrected chi connectivity index (χ1v) is 5.52. The molecule has 0 saturated carbocycles. The Bertz CT molecular complexity index is 299. The van der Waals surface area contributed by atoms with Crippen LogP contribution in [0.1, 0.15) is 18.1 Å². The van der Waals surface area contributed by atoms with Gasteiger partial charge in [0, 0.05) is 17.6 Å². The zero-order valence-corrected chi connectivity index (χ0v) is 10.1. The van der Waals surface area contributed by atoms with E-state index in [-0.39, 0.29) is 6.10 Å². The summed E-state index contributed by atoms with van der Waals surface area (Å²) < 4.78 is 1.11. The van der Waals surface area contributed by atoms with E-state index in [1.54, 1.807) is 6.92 Å². The summed E-state index contributed by atoms with van der Waals surface area (Å²) in [6.07, 6.45) is -0.286. The molecule has 1 aromatic rings. The lowest BCUT2D eigenvalue weighted by atomic mass is 10.1. The summed E-state index contributed by atoms with van der Waals surface area (Å²) >= 11 is 3.43. The normalized spacial score (nSPS) is 12.9. The van der Waals surface area contributed by atoms with Crippen LogP contribution in [-0.4, -0.2) is 17.8 Å². The number of rotatable bonds is 4. The summed E-state index contributed by atoms with van der Waals surface area (Å²) in [5, 5.41) is 12.3. The zero-order chi connectivity index (χ0) is 10.6. The molecular weight excluding hydrogens is 242 g/mol. The average Bonchev–Trinajstić information content (AvgIpc) is 2.08. The van der Waals surface area contributed by atoms with E-state index >= 15 is 0 Å². The second-order valence-electron chi connectivity index (χ2n) is 3.55. The van der Waals surface area contributed by atoms with Gasteiger partial charge in [-0.1, -0.05) is 22.0 Å². The van der Waals surface area contributed by atoms with Crippen LogP contribution in [0.15, 0.2) is 22.7 Å². The fourth-order valence-corrected chi connectivity index (χ4v) is 1.75. The van der Waals surface area contributed by atoms with Crippen molar-refractivity contribution in [1.29, 1.82) is 0 Å². The van der Waals surface area contributed by atoms with Gasteiger partial charge in [-0.25, -0.2) is 0 Å². The third-order valence-electron chi connectivity index (χ3n) is 2.06. The van der Waals surface area contributed by atoms with Gasteiger partial charge in [-0.3, -0.25) is 0 Å². The molecule has 0 aromatic heterocycles. The molecule has 0 bridgehead atoms. The molecule has 1 unspecified atom stereocenters. The number of hydrogen-bond donors (Lipinski definition) is 2. The Kier molecular flexibility index (Phi) is 4.58. The lowest BCUT2D eigenvalue weighted by molar-refractivity contribution is 0.191. The van der Waals surface area contributed by atoms with Crippen LogP contribution >= 0.6 is 15.9 Å². The Balaban J connectivity index is 2.51. The molecule has 3 heteroatoms. The molecule has 0 spiro atoms. The molecule has 78 valence electrons. The average molecular weight is 258 g/mol. The molecule has 0 aliphatic heterocycles. The van der Waals surface area contributed by atoms with Gasteiger partial charge >= 0.3 is 0 Å². The molecule has 0 fully saturated rings. The van der Waals surface area contributed by atoms with E-state index in [0.717, 1.165) is 11.0 Å². The summed E-state index contributed by atoms with van der Waals surface area (Å²) in [7, 11) is 0. The van der Waals surface area contributed by atoms with E-state index in [1.807, 2.05) is 6.07 Å². The van der Waals surface area contributed by atoms with Crippen molar-refractivity contribution in [3.63, 3.8) is 0 Å². The van der Waals surface area contributed by atoms with Crippen molar-refractivity contribution in [3.8, 4) is 0 Å². The molecule has 1 atom stereocenters. The zero-order valence-electron chi connectivity index (χ0n) is 8.55. The van der Waals surface area contributed by atoms with Crippen molar-refractivity contribution >= 4 is 15.9 Å². The third-order valence-corrected chi connectivity index (χ3v) is 2.55. The molecule has 2 N–H and O–H groups in total. The van der Waals surface area contributed by atoms with Crippen LogP contribution in [0.25, 0.3) is 0 Å². The van der Waals surface area contributed by atoms with Gasteiger partial charge in [0.25, 0.3) is 0 Å². The first-order chi connectivity index (χ1) is 6.59. The molecule has 0 heterocycles. The van der Waals surface area contributed by atoms with Crippen LogP contribution in [0, 0.1) is 6.92 Å². The first-order valence-electron chi connectivity index (χ1n) is 4.73. The number of hydrogen-bond acceptors (Lipinski definition) is 2. The minimum Gasteiger partial charge on any atom is -0.392 e. The highest BCUT2D eigenvalue weighted by Crippen LogP contribution is 2.15. The number of aryl methyl sites for hydroxylation is 1. The lowest BCUT2D eigenvalue weighted by Gasteiger charge is -2.09. The van der Waals surface area contributed by atoms with E-state index < -0.39 is 0 Å². The van der Waals surface area contributed by atoms with Crippen LogP contribution in [0.2, 0.25) is 0 Å². The van der Waals surface area contributed by atoms with Crippen molar-refractivity contribution in [2.24, 2.45) is 0 Å². The van der Waals surface area contributed by atoms with Crippen LogP contribution in [0.3, 0.4) is 0 Å². The van der Waals surface area contributed by atoms with Gasteiger partial charge in [0.05, 0.1) is 6.10 Å². The SMILES string of the molecule is Cc1cc(Br)ccc1CNCC(C)O. The van der Waals surface area contributed by atoms with Crippen LogP contribution < -0.4 is 5.32 Å². The first kappa shape index (κ1) is 11.7. The minimum absolute atomic E-state index is 0.286. The predicted octanol–water partition coefficient (Wildman–Crippen LogP) is 2.23. The molecule has 1 aromatic carbocycles. The molecule has 0 aliphatic rings. The van der Waals surface area contributed by atoms with Crippen molar-refractivity contribution in [3.05, 3.63) is 33.8 Å². The van der Waals surface area contributed by atoms with Crippen LogP contribution in [-0.2, 0) is 6.54 Å². The quantitative estimate of drug-likeness (QED) is 0.868. The highest BCUT2D eigenvalue weighted by molar-refractivity contribution is 9.10. The maximum atomic E-state index is 9.07. The Hall–Kier alpha value is -0.380. The summed E-state index contributed by atoms with van der Waals surface area (Å²) in [4.78, 5) is 0. The predicted molar refractivity (Wildman–Crippen MR) is 62.3 cm³/mol. The number of aliphatic hydroxyl groups is 1. The molecule has 0 radical (unpaired) electrons. The molecule has 14 heavy (non-hydrogen) atoms. The van der Waals surface area contributed by atoms with Gasteiger partial charge in [0.1, 0.15) is 0 Å². The fourth-order valence-electron chi connectivity index (χ4n) is 1.27. The Morgan fingerprint density at radius 3 is 2.79 bits per heavy atom. The monoisotopic (exact) mass is 257 g/mol. The highest BCUT2D eigenvalue weighted by atomic mass is 79.9. The van der Waals surface area contributed by atoms with Gasteiger partial charge in [0.2, 0.25) is 0 Å². The second-order valence-corrected chi connectivity index (χ2v) is 4.47. The molecule has 1 rings (SSSR count). The van der Waals surface area contributed by atoms with Gasteiger partial charge in [0.15, 0.2) is 0 Å². The number of benzene rings is 1. The van der Waals surface area contributed by atoms with Crippen molar-refractivity contribution in [1.82, 2.24) is 5.32 Å². The van der Waals surface area contributed by atoms with Crippen molar-refractivity contribution in [2.45, 2.75) is 26.5 Å². The summed E-state index contributed by atoms with van der Waals surface area (Å²) in [5.41, 5.74) is 2.53. The smallest absolute Gasteiger partial charge is 0.0636 e. The maximum absolute atomic E-state index is 9.07. The topological polar surface area (TPSA) is 32.3 Å². The van der Waals surface area contributed by atoms with Gasteiger partial charge < -0.3 is 10.4 Å². The maximum Gasteiger partial charge on any atom is 0.0636 e. The summed E-state index contributed by atoms with van der Waals surface area (Å²) in [6, 6.07) is 6.22. The Labute approximate surface area is 93.5 Å². The Morgan fingerprint density at radius 1 is 1.50 bits per heavy atom. The largest absolute Gasteiger partial charge is 0.392 e. The molecule has 2 nitrogen and oxygen atoms in total. The minimum atomic E-state index is -0.286. The van der Waals surface area contributed by atoms with Crippen LogP contribution in [0.5, 0.6) is 0 Å². The third kappa shape index (κ3) is 3.78. The molecule has 0 aliphatic carbocycles. The number of halogens is 1. The van der Waals surface area contributed by atoms with Gasteiger partial charge in [-0.15, -0.1) is 0 Å². The van der Waals surface area contributed by atoms with E-state index in [2.05, 4.69) is 40.3 Å². The molecule has 0 saturated heterocycles. The van der Waals surface area contributed by atoms with E-state index in [9.17, 15) is 0 Å².